The van der Waals surface area contributed by atoms with Gasteiger partial charge in [0.05, 0.1) is 17.8 Å². The SMILES string of the molecule is Cn1ncc2cc(C(=O)C(=O)N[C@H](CN3CCCC3)[C@@H](O)c3cc(F)c4c(c3)OCCO4)ccc21. The van der Waals surface area contributed by atoms with Crippen LogP contribution in [-0.4, -0.2) is 70.4 Å². The molecule has 9 nitrogen and oxygen atoms in total. The van der Waals surface area contributed by atoms with Gasteiger partial charge in [-0.25, -0.2) is 4.39 Å². The van der Waals surface area contributed by atoms with Gasteiger partial charge in [-0.15, -0.1) is 0 Å². The van der Waals surface area contributed by atoms with Crippen molar-refractivity contribution in [2.45, 2.75) is 25.0 Å². The number of amides is 1. The van der Waals surface area contributed by atoms with Crippen molar-refractivity contribution in [3.8, 4) is 11.5 Å². The van der Waals surface area contributed by atoms with Crippen molar-refractivity contribution in [2.24, 2.45) is 7.05 Å². The van der Waals surface area contributed by atoms with Crippen molar-refractivity contribution < 1.29 is 28.6 Å². The van der Waals surface area contributed by atoms with E-state index in [9.17, 15) is 19.1 Å². The number of aromatic nitrogens is 2. The van der Waals surface area contributed by atoms with Crippen molar-refractivity contribution >= 4 is 22.6 Å². The zero-order valence-electron chi connectivity index (χ0n) is 19.4. The molecule has 0 spiro atoms. The lowest BCUT2D eigenvalue weighted by atomic mass is 9.99. The molecule has 0 bridgehead atoms. The lowest BCUT2D eigenvalue weighted by Gasteiger charge is -2.29. The maximum absolute atomic E-state index is 14.6. The molecule has 0 saturated carbocycles. The number of aryl methyl sites for hydroxylation is 1. The van der Waals surface area contributed by atoms with E-state index in [2.05, 4.69) is 15.3 Å². The molecule has 1 saturated heterocycles. The van der Waals surface area contributed by atoms with E-state index < -0.39 is 29.7 Å². The fourth-order valence-corrected chi connectivity index (χ4v) is 4.67. The molecule has 0 aliphatic carbocycles. The monoisotopic (exact) mass is 482 g/mol. The third-order valence-corrected chi connectivity index (χ3v) is 6.53. The Kier molecular flexibility index (Phi) is 6.40. The molecule has 3 aromatic rings. The predicted octanol–water partition coefficient (Wildman–Crippen LogP) is 1.98. The first-order chi connectivity index (χ1) is 16.9. The second kappa shape index (κ2) is 9.63. The quantitative estimate of drug-likeness (QED) is 0.392. The topological polar surface area (TPSA) is 106 Å². The van der Waals surface area contributed by atoms with Gasteiger partial charge < -0.3 is 24.8 Å². The highest BCUT2D eigenvalue weighted by atomic mass is 19.1. The number of hydrogen-bond acceptors (Lipinski definition) is 7. The summed E-state index contributed by atoms with van der Waals surface area (Å²) in [5.41, 5.74) is 1.30. The van der Waals surface area contributed by atoms with Crippen molar-refractivity contribution in [1.29, 1.82) is 0 Å². The summed E-state index contributed by atoms with van der Waals surface area (Å²) in [7, 11) is 1.79. The number of halogens is 1. The lowest BCUT2D eigenvalue weighted by Crippen LogP contribution is -2.48. The molecule has 2 aliphatic rings. The summed E-state index contributed by atoms with van der Waals surface area (Å²) in [5, 5.41) is 18.8. The number of ketones is 1. The molecule has 35 heavy (non-hydrogen) atoms. The molecule has 5 rings (SSSR count). The van der Waals surface area contributed by atoms with Gasteiger partial charge in [-0.1, -0.05) is 0 Å². The van der Waals surface area contributed by atoms with Crippen molar-refractivity contribution in [1.82, 2.24) is 20.0 Å². The Hall–Kier alpha value is -3.50. The summed E-state index contributed by atoms with van der Waals surface area (Å²) in [6, 6.07) is 6.79. The van der Waals surface area contributed by atoms with Crippen LogP contribution >= 0.6 is 0 Å². The molecule has 2 atom stereocenters. The Bertz CT molecular complexity index is 1270. The minimum absolute atomic E-state index is 0.00769. The van der Waals surface area contributed by atoms with Gasteiger partial charge in [0.15, 0.2) is 17.3 Å². The zero-order valence-corrected chi connectivity index (χ0v) is 19.4. The number of Topliss-reactive ketones (excluding diaryl/α,β-unsaturated/α-hetero) is 1. The summed E-state index contributed by atoms with van der Waals surface area (Å²) >= 11 is 0. The summed E-state index contributed by atoms with van der Waals surface area (Å²) in [6.07, 6.45) is 2.39. The number of carbonyl (C=O) groups excluding carboxylic acids is 2. The van der Waals surface area contributed by atoms with E-state index in [0.29, 0.717) is 6.54 Å². The van der Waals surface area contributed by atoms with E-state index >= 15 is 0 Å². The van der Waals surface area contributed by atoms with E-state index in [0.717, 1.165) is 36.8 Å². The third-order valence-electron chi connectivity index (χ3n) is 6.53. The van der Waals surface area contributed by atoms with Crippen molar-refractivity contribution in [2.75, 3.05) is 32.8 Å². The predicted molar refractivity (Wildman–Crippen MR) is 125 cm³/mol. The van der Waals surface area contributed by atoms with E-state index in [1.165, 1.54) is 12.1 Å². The molecule has 10 heteroatoms. The Morgan fingerprint density at radius 3 is 2.74 bits per heavy atom. The summed E-state index contributed by atoms with van der Waals surface area (Å²) < 4.78 is 27.1. The standard InChI is InChI=1S/C25H27FN4O5/c1-29-20-5-4-15(10-17(20)13-27-29)23(32)25(33)28-19(14-30-6-2-3-7-30)22(31)16-11-18(26)24-21(12-16)34-8-9-35-24/h4-5,10-13,19,22,31H,2-3,6-9,14H2,1H3,(H,28,33)/t19-,22+/m1/s1. The number of aliphatic hydroxyl groups excluding tert-OH is 1. The Morgan fingerprint density at radius 2 is 1.94 bits per heavy atom. The van der Waals surface area contributed by atoms with E-state index in [-0.39, 0.29) is 35.8 Å². The Balaban J connectivity index is 1.38. The molecule has 2 N–H and O–H groups in total. The number of rotatable bonds is 7. The van der Waals surface area contributed by atoms with E-state index in [1.54, 1.807) is 36.1 Å². The van der Waals surface area contributed by atoms with Gasteiger partial charge in [0, 0.05) is 24.5 Å². The lowest BCUT2D eigenvalue weighted by molar-refractivity contribution is -0.118. The van der Waals surface area contributed by atoms with Gasteiger partial charge in [0.1, 0.15) is 19.3 Å². The second-order valence-electron chi connectivity index (χ2n) is 8.93. The first kappa shape index (κ1) is 23.3. The van der Waals surface area contributed by atoms with Crippen LogP contribution in [0.25, 0.3) is 10.9 Å². The second-order valence-corrected chi connectivity index (χ2v) is 8.93. The van der Waals surface area contributed by atoms with Crippen LogP contribution < -0.4 is 14.8 Å². The molecular formula is C25H27FN4O5. The van der Waals surface area contributed by atoms with Crippen LogP contribution in [0.1, 0.15) is 34.9 Å². The smallest absolute Gasteiger partial charge is 0.292 e. The van der Waals surface area contributed by atoms with Crippen LogP contribution in [-0.2, 0) is 11.8 Å². The Morgan fingerprint density at radius 1 is 1.17 bits per heavy atom. The van der Waals surface area contributed by atoms with Crippen LogP contribution in [0, 0.1) is 5.82 Å². The number of fused-ring (bicyclic) bond motifs is 2. The third kappa shape index (κ3) is 4.71. The van der Waals surface area contributed by atoms with Gasteiger partial charge in [-0.05, 0) is 61.8 Å². The first-order valence-electron chi connectivity index (χ1n) is 11.7. The summed E-state index contributed by atoms with van der Waals surface area (Å²) in [4.78, 5) is 28.0. The molecule has 1 aromatic heterocycles. The highest BCUT2D eigenvalue weighted by molar-refractivity contribution is 6.43. The molecule has 1 amide bonds. The van der Waals surface area contributed by atoms with Crippen LogP contribution in [0.5, 0.6) is 11.5 Å². The van der Waals surface area contributed by atoms with E-state index in [4.69, 9.17) is 9.47 Å². The maximum Gasteiger partial charge on any atom is 0.292 e. The highest BCUT2D eigenvalue weighted by Gasteiger charge is 2.31. The van der Waals surface area contributed by atoms with Gasteiger partial charge in [0.2, 0.25) is 5.78 Å². The largest absolute Gasteiger partial charge is 0.486 e. The number of hydrogen-bond donors (Lipinski definition) is 2. The zero-order chi connectivity index (χ0) is 24.5. The normalized spacial score (nSPS) is 17.3. The van der Waals surface area contributed by atoms with Crippen molar-refractivity contribution in [3.05, 3.63) is 53.5 Å². The molecule has 2 aromatic carbocycles. The average Bonchev–Trinajstić information content (AvgIpc) is 3.52. The van der Waals surface area contributed by atoms with Crippen LogP contribution in [0.2, 0.25) is 0 Å². The van der Waals surface area contributed by atoms with E-state index in [1.807, 2.05) is 0 Å². The van der Waals surface area contributed by atoms with Crippen LogP contribution in [0.4, 0.5) is 4.39 Å². The number of ether oxygens (including phenoxy) is 2. The molecule has 0 unspecified atom stereocenters. The summed E-state index contributed by atoms with van der Waals surface area (Å²) in [5.74, 6) is -1.99. The van der Waals surface area contributed by atoms with Crippen LogP contribution in [0.15, 0.2) is 36.5 Å². The van der Waals surface area contributed by atoms with Crippen LogP contribution in [0.3, 0.4) is 0 Å². The van der Waals surface area contributed by atoms with Gasteiger partial charge in [0.25, 0.3) is 5.91 Å². The number of benzene rings is 2. The molecule has 1 fully saturated rings. The fourth-order valence-electron chi connectivity index (χ4n) is 4.67. The van der Waals surface area contributed by atoms with Gasteiger partial charge >= 0.3 is 0 Å². The first-order valence-corrected chi connectivity index (χ1v) is 11.7. The summed E-state index contributed by atoms with van der Waals surface area (Å²) in [6.45, 7) is 2.47. The number of nitrogens with one attached hydrogen (secondary N) is 1. The number of carbonyl (C=O) groups is 2. The molecule has 3 heterocycles. The average molecular weight is 483 g/mol. The molecule has 0 radical (unpaired) electrons. The Labute approximate surface area is 201 Å². The maximum atomic E-state index is 14.6. The number of nitrogens with zero attached hydrogens (tertiary/aromatic N) is 3. The van der Waals surface area contributed by atoms with Crippen molar-refractivity contribution in [3.63, 3.8) is 0 Å². The fraction of sp³-hybridized carbons (Fsp3) is 0.400. The van der Waals surface area contributed by atoms with Gasteiger partial charge in [-0.3, -0.25) is 14.3 Å². The minimum Gasteiger partial charge on any atom is -0.486 e. The molecule has 2 aliphatic heterocycles. The molecule has 184 valence electrons. The minimum atomic E-state index is -1.27. The molecular weight excluding hydrogens is 455 g/mol. The van der Waals surface area contributed by atoms with Gasteiger partial charge in [-0.2, -0.15) is 5.10 Å². The highest BCUT2D eigenvalue weighted by Crippen LogP contribution is 2.36. The number of aliphatic hydroxyl groups is 1. The number of likely N-dealkylation sites (tertiary alicyclic amines) is 1.